The highest BCUT2D eigenvalue weighted by molar-refractivity contribution is 8.05. The maximum atomic E-state index is 13.1. The maximum absolute atomic E-state index is 13.1. The van der Waals surface area contributed by atoms with Crippen LogP contribution in [0.4, 0.5) is 0 Å². The van der Waals surface area contributed by atoms with Crippen LogP contribution in [0.25, 0.3) is 0 Å². The average molecular weight is 927 g/mol. The molecule has 0 radical (unpaired) electrons. The molecule has 4 unspecified atom stereocenters. The molecule has 316 valence electrons. The number of hydrogen-bond donors (Lipinski definition) is 0. The van der Waals surface area contributed by atoms with Crippen LogP contribution in [0.2, 0.25) is 0 Å². The Hall–Kier alpha value is -3.58. The molecule has 0 aromatic heterocycles. The molecule has 0 spiro atoms. The highest BCUT2D eigenvalue weighted by Crippen LogP contribution is 2.32. The molecule has 59 heavy (non-hydrogen) atoms. The first-order valence-electron chi connectivity index (χ1n) is 18.3. The molecule has 24 heteroatoms. The number of imide groups is 6. The van der Waals surface area contributed by atoms with Crippen molar-refractivity contribution in [2.24, 2.45) is 0 Å². The molecule has 6 heterocycles. The van der Waals surface area contributed by atoms with Gasteiger partial charge in [-0.2, -0.15) is 23.5 Å². The van der Waals surface area contributed by atoms with Crippen LogP contribution in [-0.2, 0) is 57.5 Å². The molecule has 18 nitrogen and oxygen atoms in total. The molecule has 4 saturated heterocycles. The molecule has 0 aromatic carbocycles. The summed E-state index contributed by atoms with van der Waals surface area (Å²) in [5, 5.41) is -2.44. The summed E-state index contributed by atoms with van der Waals surface area (Å²) in [6.07, 6.45) is 4.28. The Bertz CT molecular complexity index is 1750. The van der Waals surface area contributed by atoms with Crippen LogP contribution in [-0.4, -0.2) is 187 Å². The van der Waals surface area contributed by atoms with Gasteiger partial charge in [0.05, 0.1) is 21.0 Å². The SMILES string of the molecule is O=C1C=CC(=O)N1CN1C(=O)CC(SCCSCCSC2CC(=O)N(CN3C(=O)CC(SCCSCCSC4CC(=O)N(CN5C(=O)C=CC5=O)C4=O)C3=O)C2=O)C1=O. The lowest BCUT2D eigenvalue weighted by Crippen LogP contribution is -2.44. The predicted octanol–water partition coefficient (Wildman–Crippen LogP) is -0.382. The molecule has 12 amide bonds. The summed E-state index contributed by atoms with van der Waals surface area (Å²) in [7, 11) is 0. The molecule has 0 N–H and O–H groups in total. The third kappa shape index (κ3) is 10.7. The quantitative estimate of drug-likeness (QED) is 0.0997. The summed E-state index contributed by atoms with van der Waals surface area (Å²) in [6, 6.07) is 0. The minimum absolute atomic E-state index is 0.00856. The van der Waals surface area contributed by atoms with Gasteiger partial charge in [0.2, 0.25) is 47.3 Å². The molecule has 6 aliphatic rings. The minimum atomic E-state index is -0.627. The van der Waals surface area contributed by atoms with Gasteiger partial charge in [0.1, 0.15) is 20.0 Å². The van der Waals surface area contributed by atoms with E-state index in [0.29, 0.717) is 46.0 Å². The molecule has 4 fully saturated rings. The monoisotopic (exact) mass is 926 g/mol. The van der Waals surface area contributed by atoms with Crippen LogP contribution in [0, 0.1) is 0 Å². The van der Waals surface area contributed by atoms with E-state index in [1.165, 1.54) is 47.0 Å². The number of carbonyl (C=O) groups is 12. The van der Waals surface area contributed by atoms with Gasteiger partial charge in [-0.1, -0.05) is 0 Å². The standard InChI is InChI=1S/C35H38N6O12S6/c42-24-1-2-25(43)36(24)17-38-28(46)13-20(32(38)50)56-9-5-54-7-11-58-22-15-30(48)40(34(22)52)19-41-31(49)16-23(35(41)53)59-12-8-55-6-10-57-21-14-29(47)39(33(21)51)18-37-26(44)3-4-27(37)45/h1-4,20-23H,5-19H2. The maximum Gasteiger partial charge on any atom is 0.255 e. The van der Waals surface area contributed by atoms with Gasteiger partial charge in [-0.05, 0) is 0 Å². The van der Waals surface area contributed by atoms with Crippen LogP contribution < -0.4 is 0 Å². The summed E-state index contributed by atoms with van der Waals surface area (Å²) in [6.45, 7) is -1.20. The van der Waals surface area contributed by atoms with E-state index in [1.54, 1.807) is 23.5 Å². The van der Waals surface area contributed by atoms with E-state index in [2.05, 4.69) is 0 Å². The summed E-state index contributed by atoms with van der Waals surface area (Å²) < 4.78 is 0. The topological polar surface area (TPSA) is 224 Å². The van der Waals surface area contributed by atoms with E-state index < -0.39 is 112 Å². The number of amides is 12. The van der Waals surface area contributed by atoms with Crippen molar-refractivity contribution in [1.29, 1.82) is 0 Å². The Morgan fingerprint density at radius 2 is 0.559 bits per heavy atom. The predicted molar refractivity (Wildman–Crippen MR) is 222 cm³/mol. The summed E-state index contributed by atoms with van der Waals surface area (Å²) in [4.78, 5) is 155. The molecular formula is C35H38N6O12S6. The number of carbonyl (C=O) groups excluding carboxylic acids is 12. The first-order chi connectivity index (χ1) is 28.2. The van der Waals surface area contributed by atoms with Crippen molar-refractivity contribution in [2.75, 3.05) is 66.0 Å². The first kappa shape index (κ1) is 45.0. The fraction of sp³-hybridized carbons (Fsp3) is 0.543. The number of likely N-dealkylation sites (tertiary alicyclic amines) is 4. The van der Waals surface area contributed by atoms with Gasteiger partial charge in [0.15, 0.2) is 0 Å². The molecule has 0 aliphatic carbocycles. The third-order valence-electron chi connectivity index (χ3n) is 9.65. The van der Waals surface area contributed by atoms with E-state index in [1.807, 2.05) is 0 Å². The zero-order chi connectivity index (χ0) is 42.4. The first-order valence-corrected chi connectivity index (χ1v) is 24.8. The highest BCUT2D eigenvalue weighted by atomic mass is 32.2. The van der Waals surface area contributed by atoms with Gasteiger partial charge in [0.25, 0.3) is 23.6 Å². The summed E-state index contributed by atoms with van der Waals surface area (Å²) in [5.74, 6) is -0.929. The van der Waals surface area contributed by atoms with Crippen molar-refractivity contribution in [3.8, 4) is 0 Å². The Kier molecular flexibility index (Phi) is 15.5. The molecule has 0 bridgehead atoms. The Morgan fingerprint density at radius 3 is 0.797 bits per heavy atom. The Labute approximate surface area is 363 Å². The molecule has 6 aliphatic heterocycles. The second kappa shape index (κ2) is 20.3. The van der Waals surface area contributed by atoms with E-state index in [0.717, 1.165) is 53.7 Å². The van der Waals surface area contributed by atoms with Crippen LogP contribution >= 0.6 is 70.6 Å². The Balaban J connectivity index is 0.809. The molecule has 4 atom stereocenters. The van der Waals surface area contributed by atoms with Gasteiger partial charge in [-0.15, -0.1) is 47.0 Å². The Morgan fingerprint density at radius 1 is 0.339 bits per heavy atom. The zero-order valence-electron chi connectivity index (χ0n) is 31.3. The van der Waals surface area contributed by atoms with Gasteiger partial charge in [-0.25, -0.2) is 0 Å². The van der Waals surface area contributed by atoms with E-state index in [9.17, 15) is 57.5 Å². The minimum Gasteiger partial charge on any atom is -0.274 e. The second-order valence-corrected chi connectivity index (χ2v) is 21.1. The number of rotatable bonds is 22. The van der Waals surface area contributed by atoms with Crippen molar-refractivity contribution >= 4 is 141 Å². The van der Waals surface area contributed by atoms with E-state index >= 15 is 0 Å². The zero-order valence-corrected chi connectivity index (χ0v) is 36.2. The fourth-order valence-electron chi connectivity index (χ4n) is 6.49. The fourth-order valence-corrected chi connectivity index (χ4v) is 13.6. The highest BCUT2D eigenvalue weighted by Gasteiger charge is 2.46. The van der Waals surface area contributed by atoms with Crippen molar-refractivity contribution in [2.45, 2.75) is 46.7 Å². The van der Waals surface area contributed by atoms with Crippen LogP contribution in [0.1, 0.15) is 25.7 Å². The largest absolute Gasteiger partial charge is 0.274 e. The third-order valence-corrected chi connectivity index (χ3v) is 17.5. The van der Waals surface area contributed by atoms with E-state index in [4.69, 9.17) is 0 Å². The number of hydrogen-bond acceptors (Lipinski definition) is 18. The average Bonchev–Trinajstić information content (AvgIpc) is 3.99. The van der Waals surface area contributed by atoms with Crippen molar-refractivity contribution in [1.82, 2.24) is 29.4 Å². The van der Waals surface area contributed by atoms with Gasteiger partial charge >= 0.3 is 0 Å². The summed E-state index contributed by atoms with van der Waals surface area (Å²) >= 11 is 8.48. The van der Waals surface area contributed by atoms with Gasteiger partial charge in [0, 0.05) is 96.0 Å². The van der Waals surface area contributed by atoms with Crippen molar-refractivity contribution < 1.29 is 57.5 Å². The van der Waals surface area contributed by atoms with Crippen LogP contribution in [0.15, 0.2) is 24.3 Å². The second-order valence-electron chi connectivity index (χ2n) is 13.4. The number of thioether (sulfide) groups is 6. The lowest BCUT2D eigenvalue weighted by Gasteiger charge is -2.21. The normalized spacial score (nSPS) is 24.9. The summed E-state index contributed by atoms with van der Waals surface area (Å²) in [5.41, 5.74) is 0. The lowest BCUT2D eigenvalue weighted by molar-refractivity contribution is -0.150. The van der Waals surface area contributed by atoms with E-state index in [-0.39, 0.29) is 25.7 Å². The van der Waals surface area contributed by atoms with Gasteiger partial charge < -0.3 is 0 Å². The molecule has 0 aromatic rings. The molecule has 0 saturated carbocycles. The van der Waals surface area contributed by atoms with Crippen molar-refractivity contribution in [3.05, 3.63) is 24.3 Å². The van der Waals surface area contributed by atoms with Crippen molar-refractivity contribution in [3.63, 3.8) is 0 Å². The number of nitrogens with zero attached hydrogens (tertiary/aromatic N) is 6. The van der Waals surface area contributed by atoms with Crippen LogP contribution in [0.5, 0.6) is 0 Å². The van der Waals surface area contributed by atoms with Gasteiger partial charge in [-0.3, -0.25) is 86.9 Å². The van der Waals surface area contributed by atoms with Crippen LogP contribution in [0.3, 0.4) is 0 Å². The smallest absolute Gasteiger partial charge is 0.255 e. The molecule has 6 rings (SSSR count). The molecular weight excluding hydrogens is 889 g/mol. The lowest BCUT2D eigenvalue weighted by atomic mass is 10.4.